The molecule has 0 rings (SSSR count). The molecule has 0 aromatic carbocycles. The maximum atomic E-state index is 11.5. The molecule has 0 spiro atoms. The molecule has 0 aliphatic heterocycles. The van der Waals surface area contributed by atoms with Crippen LogP contribution >= 0.6 is 0 Å². The van der Waals surface area contributed by atoms with Crippen molar-refractivity contribution >= 4 is 16.1 Å². The molecule has 0 aromatic heterocycles. The number of hydrogen-bond donors (Lipinski definition) is 0. The number of carbonyl (C=O) groups excluding carboxylic acids is 1. The zero-order valence-electron chi connectivity index (χ0n) is 17.5. The molecule has 0 bridgehead atoms. The number of carbonyl (C=O) groups is 1. The van der Waals surface area contributed by atoms with Crippen molar-refractivity contribution < 1.29 is 27.0 Å². The van der Waals surface area contributed by atoms with Crippen molar-refractivity contribution in [2.24, 2.45) is 0 Å². The van der Waals surface area contributed by atoms with Gasteiger partial charge >= 0.3 is 5.97 Å². The molecule has 0 N–H and O–H groups in total. The van der Waals surface area contributed by atoms with Gasteiger partial charge in [-0.3, -0.25) is 0 Å². The van der Waals surface area contributed by atoms with Gasteiger partial charge in [0.1, 0.15) is 13.2 Å². The number of likely N-dealkylation sites (N-methyl/N-ethyl adjacent to an activating group) is 1. The fourth-order valence-corrected chi connectivity index (χ4v) is 3.55. The highest BCUT2D eigenvalue weighted by atomic mass is 32.2. The molecular formula is C20H39NO5S. The van der Waals surface area contributed by atoms with Crippen molar-refractivity contribution in [3.63, 3.8) is 0 Å². The molecule has 0 heterocycles. The first-order valence-corrected chi connectivity index (χ1v) is 11.8. The van der Waals surface area contributed by atoms with E-state index >= 15 is 0 Å². The van der Waals surface area contributed by atoms with Gasteiger partial charge in [0.2, 0.25) is 0 Å². The van der Waals surface area contributed by atoms with Crippen LogP contribution in [-0.4, -0.2) is 62.5 Å². The molecule has 0 fully saturated rings. The van der Waals surface area contributed by atoms with Crippen LogP contribution in [0.15, 0.2) is 12.2 Å². The third-order valence-corrected chi connectivity index (χ3v) is 5.65. The maximum absolute atomic E-state index is 11.5. The SMILES string of the molecule is C=C(C)C(=O)OCC[N+](C)(CCCCCCCCCC)CCCS(=O)(=O)[O-]. The molecule has 0 aliphatic carbocycles. The standard InChI is InChI=1S/C20H39NO5S/c1-5-6-7-8-9-10-11-12-14-21(4,15-13-18-27(23,24)25)16-17-26-20(22)19(2)3/h2,5-18H2,1,3-4H3. The summed E-state index contributed by atoms with van der Waals surface area (Å²) in [4.78, 5) is 11.5. The lowest BCUT2D eigenvalue weighted by Crippen LogP contribution is -2.48. The number of nitrogens with zero attached hydrogens (tertiary/aromatic N) is 1. The van der Waals surface area contributed by atoms with Crippen LogP contribution in [0.25, 0.3) is 0 Å². The predicted molar refractivity (Wildman–Crippen MR) is 108 cm³/mol. The lowest BCUT2D eigenvalue weighted by atomic mass is 10.1. The molecule has 6 nitrogen and oxygen atoms in total. The van der Waals surface area contributed by atoms with Gasteiger partial charge in [0.15, 0.2) is 0 Å². The molecule has 1 unspecified atom stereocenters. The second kappa shape index (κ2) is 14.1. The second-order valence-electron chi connectivity index (χ2n) is 7.80. The first kappa shape index (κ1) is 26.1. The molecule has 7 heteroatoms. The van der Waals surface area contributed by atoms with Crippen LogP contribution in [-0.2, 0) is 19.6 Å². The predicted octanol–water partition coefficient (Wildman–Crippen LogP) is 3.63. The largest absolute Gasteiger partial charge is 0.748 e. The fourth-order valence-electron chi connectivity index (χ4n) is 3.07. The molecular weight excluding hydrogens is 366 g/mol. The van der Waals surface area contributed by atoms with Gasteiger partial charge < -0.3 is 13.8 Å². The van der Waals surface area contributed by atoms with Gasteiger partial charge in [-0.1, -0.05) is 52.0 Å². The summed E-state index contributed by atoms with van der Waals surface area (Å²) in [5, 5.41) is 0. The normalized spacial score (nSPS) is 13.9. The van der Waals surface area contributed by atoms with Crippen LogP contribution < -0.4 is 0 Å². The number of quaternary nitrogens is 1. The van der Waals surface area contributed by atoms with Crippen LogP contribution in [0.3, 0.4) is 0 Å². The third kappa shape index (κ3) is 15.8. The summed E-state index contributed by atoms with van der Waals surface area (Å²) in [5.41, 5.74) is 0.365. The summed E-state index contributed by atoms with van der Waals surface area (Å²) < 4.78 is 38.4. The van der Waals surface area contributed by atoms with Gasteiger partial charge in [-0.2, -0.15) is 0 Å². The van der Waals surface area contributed by atoms with E-state index in [9.17, 15) is 17.8 Å². The van der Waals surface area contributed by atoms with Crippen molar-refractivity contribution in [1.29, 1.82) is 0 Å². The number of rotatable bonds is 17. The molecule has 0 radical (unpaired) electrons. The van der Waals surface area contributed by atoms with Gasteiger partial charge in [-0.15, -0.1) is 0 Å². The molecule has 0 saturated carbocycles. The van der Waals surface area contributed by atoms with Crippen LogP contribution in [0.4, 0.5) is 0 Å². The number of hydrogen-bond acceptors (Lipinski definition) is 5. The number of unbranched alkanes of at least 4 members (excludes halogenated alkanes) is 7. The highest BCUT2D eigenvalue weighted by Crippen LogP contribution is 2.13. The smallest absolute Gasteiger partial charge is 0.333 e. The summed E-state index contributed by atoms with van der Waals surface area (Å²) in [5.74, 6) is -0.750. The average Bonchev–Trinajstić information content (AvgIpc) is 2.56. The van der Waals surface area contributed by atoms with E-state index in [1.165, 1.54) is 38.5 Å². The molecule has 1 atom stereocenters. The Labute approximate surface area is 166 Å². The van der Waals surface area contributed by atoms with Gasteiger partial charge in [-0.25, -0.2) is 13.2 Å². The van der Waals surface area contributed by atoms with Gasteiger partial charge in [0, 0.05) is 17.7 Å². The third-order valence-electron chi connectivity index (χ3n) is 4.86. The summed E-state index contributed by atoms with van der Waals surface area (Å²) >= 11 is 0. The first-order valence-electron chi connectivity index (χ1n) is 10.2. The van der Waals surface area contributed by atoms with Crippen LogP contribution in [0.2, 0.25) is 0 Å². The molecule has 27 heavy (non-hydrogen) atoms. The maximum Gasteiger partial charge on any atom is 0.333 e. The highest BCUT2D eigenvalue weighted by Gasteiger charge is 2.22. The van der Waals surface area contributed by atoms with Crippen LogP contribution in [0, 0.1) is 0 Å². The quantitative estimate of drug-likeness (QED) is 0.121. The van der Waals surface area contributed by atoms with Gasteiger partial charge in [-0.05, 0) is 19.8 Å². The minimum Gasteiger partial charge on any atom is -0.748 e. The van der Waals surface area contributed by atoms with Crippen LogP contribution in [0.1, 0.15) is 71.6 Å². The van der Waals surface area contributed by atoms with E-state index in [0.29, 0.717) is 29.6 Å². The second-order valence-corrected chi connectivity index (χ2v) is 9.32. The zero-order chi connectivity index (χ0) is 20.8. The Morgan fingerprint density at radius 3 is 2.00 bits per heavy atom. The monoisotopic (exact) mass is 405 g/mol. The van der Waals surface area contributed by atoms with E-state index in [2.05, 4.69) is 13.5 Å². The minimum absolute atomic E-state index is 0.267. The lowest BCUT2D eigenvalue weighted by Gasteiger charge is -2.34. The topological polar surface area (TPSA) is 83.5 Å². The van der Waals surface area contributed by atoms with E-state index in [1.807, 2.05) is 7.05 Å². The molecule has 0 aromatic rings. The Bertz CT molecular complexity index is 532. The Balaban J connectivity index is 4.32. The van der Waals surface area contributed by atoms with E-state index in [-0.39, 0.29) is 12.4 Å². The number of esters is 1. The zero-order valence-corrected chi connectivity index (χ0v) is 18.3. The van der Waals surface area contributed by atoms with E-state index in [0.717, 1.165) is 19.4 Å². The van der Waals surface area contributed by atoms with Crippen LogP contribution in [0.5, 0.6) is 0 Å². The molecule has 0 aliphatic rings. The highest BCUT2D eigenvalue weighted by molar-refractivity contribution is 7.85. The Hall–Kier alpha value is -0.920. The summed E-state index contributed by atoms with van der Waals surface area (Å²) in [6.45, 7) is 9.73. The molecule has 160 valence electrons. The number of ether oxygens (including phenoxy) is 1. The van der Waals surface area contributed by atoms with Crippen molar-refractivity contribution in [3.05, 3.63) is 12.2 Å². The van der Waals surface area contributed by atoms with Crippen molar-refractivity contribution in [3.8, 4) is 0 Å². The summed E-state index contributed by atoms with van der Waals surface area (Å²) in [7, 11) is -2.15. The molecule has 0 amide bonds. The minimum atomic E-state index is -4.19. The Morgan fingerprint density at radius 1 is 0.963 bits per heavy atom. The van der Waals surface area contributed by atoms with Gasteiger partial charge in [0.05, 0.1) is 30.3 Å². The fraction of sp³-hybridized carbons (Fsp3) is 0.850. The Kier molecular flexibility index (Phi) is 13.6. The average molecular weight is 406 g/mol. The van der Waals surface area contributed by atoms with Crippen molar-refractivity contribution in [2.45, 2.75) is 71.6 Å². The summed E-state index contributed by atoms with van der Waals surface area (Å²) in [6.07, 6.45) is 10.1. The van der Waals surface area contributed by atoms with Crippen molar-refractivity contribution in [1.82, 2.24) is 0 Å². The van der Waals surface area contributed by atoms with E-state index < -0.39 is 16.1 Å². The van der Waals surface area contributed by atoms with Crippen molar-refractivity contribution in [2.75, 3.05) is 39.0 Å². The van der Waals surface area contributed by atoms with Gasteiger partial charge in [0.25, 0.3) is 0 Å². The molecule has 0 saturated heterocycles. The van der Waals surface area contributed by atoms with E-state index in [4.69, 9.17) is 4.74 Å². The first-order chi connectivity index (χ1) is 12.6. The Morgan fingerprint density at radius 2 is 1.48 bits per heavy atom. The van der Waals surface area contributed by atoms with E-state index in [1.54, 1.807) is 6.92 Å². The lowest BCUT2D eigenvalue weighted by molar-refractivity contribution is -0.909. The summed E-state index contributed by atoms with van der Waals surface area (Å²) in [6, 6.07) is 0.